The molecule has 2 aliphatic rings. The Hall–Kier alpha value is -7.40. The summed E-state index contributed by atoms with van der Waals surface area (Å²) in [5.41, 5.74) is 17.4. The number of hydrogen-bond donors (Lipinski definition) is 0. The number of rotatable bonds is 5. The first kappa shape index (κ1) is 34.6. The third kappa shape index (κ3) is 5.35. The predicted octanol–water partition coefficient (Wildman–Crippen LogP) is 14.2. The molecule has 60 heavy (non-hydrogen) atoms. The molecule has 10 aromatic rings. The SMILES string of the molecule is c1ccc(-c2cccc(-c3cc(-c4cccc5c4-c4c(-c6ccc7cccnc7c6)cccc4C54c5ccccc5Sc5ccccc54)nc(-c4ccccc4)n3)c2)cc1. The van der Waals surface area contributed by atoms with Crippen LogP contribution in [0.4, 0.5) is 0 Å². The van der Waals surface area contributed by atoms with Crippen molar-refractivity contribution in [3.05, 3.63) is 235 Å². The minimum Gasteiger partial charge on any atom is -0.256 e. The van der Waals surface area contributed by atoms with Crippen LogP contribution in [0.5, 0.6) is 0 Å². The summed E-state index contributed by atoms with van der Waals surface area (Å²) >= 11 is 1.86. The van der Waals surface area contributed by atoms with E-state index in [1.54, 1.807) is 0 Å². The van der Waals surface area contributed by atoms with Crippen LogP contribution in [0.1, 0.15) is 22.3 Å². The molecule has 0 amide bonds. The molecule has 1 aliphatic heterocycles. The van der Waals surface area contributed by atoms with E-state index in [-0.39, 0.29) is 0 Å². The lowest BCUT2D eigenvalue weighted by Gasteiger charge is -2.39. The van der Waals surface area contributed by atoms with Crippen molar-refractivity contribution >= 4 is 22.7 Å². The maximum absolute atomic E-state index is 5.47. The van der Waals surface area contributed by atoms with E-state index in [2.05, 4.69) is 194 Å². The molecule has 0 fully saturated rings. The van der Waals surface area contributed by atoms with Crippen molar-refractivity contribution in [3.63, 3.8) is 0 Å². The van der Waals surface area contributed by atoms with Crippen molar-refractivity contribution in [2.45, 2.75) is 15.2 Å². The van der Waals surface area contributed by atoms with Crippen LogP contribution in [0.15, 0.2) is 222 Å². The molecule has 12 rings (SSSR count). The van der Waals surface area contributed by atoms with Gasteiger partial charge in [0.05, 0.1) is 22.3 Å². The van der Waals surface area contributed by atoms with Crippen LogP contribution in [-0.2, 0) is 5.41 Å². The van der Waals surface area contributed by atoms with E-state index in [4.69, 9.17) is 15.0 Å². The molecule has 3 heterocycles. The van der Waals surface area contributed by atoms with E-state index in [0.29, 0.717) is 5.82 Å². The standard InChI is InChI=1S/C56H35N3S/c1-3-15-36(16-4-1)39-19-11-20-41(33-39)49-35-50(59-55(58-49)38-17-5-2-6-18-38)43-23-13-27-47-54(43)53-42(40-31-30-37-21-14-32-57-48(37)34-40)22-12-26-46(53)56(47)44-24-7-9-28-51(44)60-52-29-10-8-25-45(52)56/h1-35H. The normalized spacial score (nSPS) is 13.1. The first-order valence-electron chi connectivity index (χ1n) is 20.3. The van der Waals surface area contributed by atoms with Gasteiger partial charge in [0.15, 0.2) is 5.82 Å². The summed E-state index contributed by atoms with van der Waals surface area (Å²) in [5.74, 6) is 0.692. The van der Waals surface area contributed by atoms with Crippen LogP contribution in [-0.4, -0.2) is 15.0 Å². The summed E-state index contributed by atoms with van der Waals surface area (Å²) in [7, 11) is 0. The molecule has 2 aromatic heterocycles. The summed E-state index contributed by atoms with van der Waals surface area (Å²) in [5, 5.41) is 1.12. The van der Waals surface area contributed by atoms with E-state index >= 15 is 0 Å². The molecule has 0 saturated heterocycles. The van der Waals surface area contributed by atoms with Crippen LogP contribution in [0.2, 0.25) is 0 Å². The van der Waals surface area contributed by atoms with Gasteiger partial charge in [-0.2, -0.15) is 0 Å². The van der Waals surface area contributed by atoms with Crippen molar-refractivity contribution in [1.82, 2.24) is 15.0 Å². The summed E-state index contributed by atoms with van der Waals surface area (Å²) in [6, 6.07) is 74.3. The zero-order valence-electron chi connectivity index (χ0n) is 32.5. The molecule has 4 heteroatoms. The second kappa shape index (κ2) is 13.9. The highest BCUT2D eigenvalue weighted by atomic mass is 32.2. The lowest BCUT2D eigenvalue weighted by Crippen LogP contribution is -2.31. The van der Waals surface area contributed by atoms with E-state index in [9.17, 15) is 0 Å². The van der Waals surface area contributed by atoms with Crippen LogP contribution in [0.3, 0.4) is 0 Å². The quantitative estimate of drug-likeness (QED) is 0.174. The van der Waals surface area contributed by atoms with Gasteiger partial charge in [-0.15, -0.1) is 0 Å². The lowest BCUT2D eigenvalue weighted by atomic mass is 9.67. The fourth-order valence-corrected chi connectivity index (χ4v) is 10.8. The third-order valence-corrected chi connectivity index (χ3v) is 13.4. The number of hydrogen-bond acceptors (Lipinski definition) is 4. The smallest absolute Gasteiger partial charge is 0.160 e. The Bertz CT molecular complexity index is 3260. The first-order chi connectivity index (χ1) is 29.7. The summed E-state index contributed by atoms with van der Waals surface area (Å²) in [6.07, 6.45) is 1.88. The second-order valence-corrected chi connectivity index (χ2v) is 16.6. The van der Waals surface area contributed by atoms with Gasteiger partial charge in [0.2, 0.25) is 0 Å². The van der Waals surface area contributed by atoms with E-state index in [0.717, 1.165) is 50.1 Å². The topological polar surface area (TPSA) is 38.7 Å². The molecule has 0 bridgehead atoms. The molecule has 8 aromatic carbocycles. The number of fused-ring (bicyclic) bond motifs is 10. The van der Waals surface area contributed by atoms with Gasteiger partial charge in [-0.05, 0) is 92.0 Å². The van der Waals surface area contributed by atoms with Crippen molar-refractivity contribution in [3.8, 4) is 67.3 Å². The van der Waals surface area contributed by atoms with Gasteiger partial charge < -0.3 is 0 Å². The fourth-order valence-electron chi connectivity index (χ4n) is 9.61. The summed E-state index contributed by atoms with van der Waals surface area (Å²) in [4.78, 5) is 18.1. The maximum atomic E-state index is 5.47. The van der Waals surface area contributed by atoms with Gasteiger partial charge in [-0.3, -0.25) is 4.98 Å². The highest BCUT2D eigenvalue weighted by Crippen LogP contribution is 2.64. The fraction of sp³-hybridized carbons (Fsp3) is 0.0179. The number of benzene rings is 8. The predicted molar refractivity (Wildman–Crippen MR) is 246 cm³/mol. The zero-order valence-corrected chi connectivity index (χ0v) is 33.3. The molecule has 0 saturated carbocycles. The van der Waals surface area contributed by atoms with Gasteiger partial charge in [0, 0.05) is 38.1 Å². The Kier molecular flexibility index (Phi) is 8.00. The average molecular weight is 782 g/mol. The van der Waals surface area contributed by atoms with E-state index < -0.39 is 5.41 Å². The van der Waals surface area contributed by atoms with Crippen LogP contribution >= 0.6 is 11.8 Å². The van der Waals surface area contributed by atoms with Crippen molar-refractivity contribution < 1.29 is 0 Å². The lowest BCUT2D eigenvalue weighted by molar-refractivity contribution is 0.722. The molecule has 280 valence electrons. The Labute approximate surface area is 353 Å². The molecule has 0 radical (unpaired) electrons. The van der Waals surface area contributed by atoms with Gasteiger partial charge in [0.1, 0.15) is 0 Å². The van der Waals surface area contributed by atoms with E-state index in [1.807, 2.05) is 30.1 Å². The minimum atomic E-state index is -0.563. The third-order valence-electron chi connectivity index (χ3n) is 12.2. The summed E-state index contributed by atoms with van der Waals surface area (Å²) in [6.45, 7) is 0. The zero-order chi connectivity index (χ0) is 39.6. The Morgan fingerprint density at radius 2 is 0.950 bits per heavy atom. The highest BCUT2D eigenvalue weighted by Gasteiger charge is 2.51. The Morgan fingerprint density at radius 3 is 1.70 bits per heavy atom. The molecule has 1 aliphatic carbocycles. The largest absolute Gasteiger partial charge is 0.256 e. The maximum Gasteiger partial charge on any atom is 0.160 e. The van der Waals surface area contributed by atoms with Gasteiger partial charge in [0.25, 0.3) is 0 Å². The van der Waals surface area contributed by atoms with Gasteiger partial charge in [-0.25, -0.2) is 9.97 Å². The monoisotopic (exact) mass is 781 g/mol. The van der Waals surface area contributed by atoms with Crippen molar-refractivity contribution in [1.29, 1.82) is 0 Å². The van der Waals surface area contributed by atoms with Crippen molar-refractivity contribution in [2.24, 2.45) is 0 Å². The Balaban J connectivity index is 1.17. The molecule has 3 nitrogen and oxygen atoms in total. The Morgan fingerprint density at radius 1 is 0.367 bits per heavy atom. The summed E-state index contributed by atoms with van der Waals surface area (Å²) < 4.78 is 0. The van der Waals surface area contributed by atoms with Crippen LogP contribution < -0.4 is 0 Å². The second-order valence-electron chi connectivity index (χ2n) is 15.5. The number of nitrogens with zero attached hydrogens (tertiary/aromatic N) is 3. The molecular weight excluding hydrogens is 747 g/mol. The van der Waals surface area contributed by atoms with Crippen molar-refractivity contribution in [2.75, 3.05) is 0 Å². The molecule has 0 N–H and O–H groups in total. The van der Waals surface area contributed by atoms with Gasteiger partial charge >= 0.3 is 0 Å². The number of aromatic nitrogens is 3. The minimum absolute atomic E-state index is 0.563. The van der Waals surface area contributed by atoms with E-state index in [1.165, 1.54) is 54.3 Å². The van der Waals surface area contributed by atoms with Crippen LogP contribution in [0, 0.1) is 0 Å². The highest BCUT2D eigenvalue weighted by molar-refractivity contribution is 7.99. The van der Waals surface area contributed by atoms with Crippen LogP contribution in [0.25, 0.3) is 78.2 Å². The molecule has 1 spiro atoms. The first-order valence-corrected chi connectivity index (χ1v) is 21.2. The molecular formula is C56H35N3S. The number of pyridine rings is 1. The van der Waals surface area contributed by atoms with Gasteiger partial charge in [-0.1, -0.05) is 182 Å². The average Bonchev–Trinajstić information content (AvgIpc) is 3.63. The molecule has 0 unspecified atom stereocenters. The molecule has 0 atom stereocenters.